The van der Waals surface area contributed by atoms with Crippen LogP contribution < -0.4 is 5.14 Å². The van der Waals surface area contributed by atoms with E-state index in [0.717, 1.165) is 24.3 Å². The van der Waals surface area contributed by atoms with Crippen molar-refractivity contribution in [2.24, 2.45) is 5.14 Å². The summed E-state index contributed by atoms with van der Waals surface area (Å²) in [4.78, 5) is 2.80. The number of rotatable bonds is 3. The molecule has 0 amide bonds. The van der Waals surface area contributed by atoms with E-state index in [0.29, 0.717) is 0 Å². The van der Waals surface area contributed by atoms with Crippen LogP contribution in [0.1, 0.15) is 0 Å². The molecule has 0 spiro atoms. The van der Waals surface area contributed by atoms with Gasteiger partial charge in [0, 0.05) is 17.3 Å². The largest absolute Gasteiger partial charge is 0.256 e. The van der Waals surface area contributed by atoms with Gasteiger partial charge in [-0.05, 0) is 42.0 Å². The average molecular weight is 382 g/mol. The van der Waals surface area contributed by atoms with Gasteiger partial charge in [-0.15, -0.1) is 0 Å². The van der Waals surface area contributed by atoms with E-state index in [4.69, 9.17) is 5.14 Å². The van der Waals surface area contributed by atoms with E-state index in [9.17, 15) is 26.0 Å². The van der Waals surface area contributed by atoms with Gasteiger partial charge in [-0.1, -0.05) is 6.07 Å². The molecule has 0 aliphatic carbocycles. The van der Waals surface area contributed by atoms with Crippen LogP contribution in [0.4, 0.5) is 17.6 Å². The lowest BCUT2D eigenvalue weighted by Gasteiger charge is -2.11. The number of aromatic nitrogens is 1. The molecule has 1 aromatic heterocycles. The fourth-order valence-corrected chi connectivity index (χ4v) is 3.16. The van der Waals surface area contributed by atoms with Crippen molar-refractivity contribution in [1.29, 1.82) is 0 Å². The van der Waals surface area contributed by atoms with E-state index in [1.54, 1.807) is 0 Å². The molecular formula is C17H10F4N2O2S. The van der Waals surface area contributed by atoms with Gasteiger partial charge < -0.3 is 0 Å². The second kappa shape index (κ2) is 6.50. The van der Waals surface area contributed by atoms with Crippen molar-refractivity contribution in [3.63, 3.8) is 0 Å². The lowest BCUT2D eigenvalue weighted by atomic mass is 9.99. The number of halogens is 4. The normalized spacial score (nSPS) is 11.6. The number of nitrogens with two attached hydrogens (primary N) is 1. The second-order valence-corrected chi connectivity index (χ2v) is 6.84. The number of sulfonamides is 1. The zero-order valence-electron chi connectivity index (χ0n) is 12.9. The zero-order valence-corrected chi connectivity index (χ0v) is 13.7. The monoisotopic (exact) mass is 382 g/mol. The molecule has 0 atom stereocenters. The number of nitrogens with zero attached hydrogens (tertiary/aromatic N) is 1. The van der Waals surface area contributed by atoms with E-state index >= 15 is 0 Å². The van der Waals surface area contributed by atoms with Crippen LogP contribution in [0, 0.1) is 23.3 Å². The highest BCUT2D eigenvalue weighted by Gasteiger charge is 2.22. The van der Waals surface area contributed by atoms with Crippen LogP contribution in [0.2, 0.25) is 0 Å². The smallest absolute Gasteiger partial charge is 0.243 e. The first-order valence-electron chi connectivity index (χ1n) is 7.11. The van der Waals surface area contributed by atoms with Crippen molar-refractivity contribution in [3.05, 3.63) is 71.9 Å². The predicted molar refractivity (Wildman–Crippen MR) is 86.3 cm³/mol. The topological polar surface area (TPSA) is 73.1 Å². The Morgan fingerprint density at radius 3 is 2.00 bits per heavy atom. The van der Waals surface area contributed by atoms with Gasteiger partial charge in [0.25, 0.3) is 0 Å². The summed E-state index contributed by atoms with van der Waals surface area (Å²) in [6, 6.07) is 7.54. The molecule has 1 heterocycles. The Balaban J connectivity index is 2.22. The van der Waals surface area contributed by atoms with Crippen LogP contribution >= 0.6 is 0 Å². The highest BCUT2D eigenvalue weighted by molar-refractivity contribution is 7.89. The first-order valence-corrected chi connectivity index (χ1v) is 8.66. The minimum absolute atomic E-state index is 0.0415. The van der Waals surface area contributed by atoms with Gasteiger partial charge in [0.15, 0.2) is 16.5 Å². The quantitative estimate of drug-likeness (QED) is 0.704. The third-order valence-corrected chi connectivity index (χ3v) is 4.55. The molecule has 26 heavy (non-hydrogen) atoms. The van der Waals surface area contributed by atoms with E-state index in [-0.39, 0.29) is 22.4 Å². The zero-order chi connectivity index (χ0) is 19.1. The van der Waals surface area contributed by atoms with Gasteiger partial charge in [-0.3, -0.25) is 4.98 Å². The van der Waals surface area contributed by atoms with E-state index in [1.807, 2.05) is 0 Å². The maximum absolute atomic E-state index is 14.1. The second-order valence-electron chi connectivity index (χ2n) is 5.34. The predicted octanol–water partition coefficient (Wildman–Crippen LogP) is 3.62. The summed E-state index contributed by atoms with van der Waals surface area (Å²) in [7, 11) is -4.59. The van der Waals surface area contributed by atoms with Crippen molar-refractivity contribution in [2.75, 3.05) is 0 Å². The molecule has 0 aliphatic rings. The van der Waals surface area contributed by atoms with Crippen molar-refractivity contribution in [3.8, 4) is 22.4 Å². The van der Waals surface area contributed by atoms with E-state index in [1.165, 1.54) is 24.4 Å². The molecule has 0 aliphatic heterocycles. The van der Waals surface area contributed by atoms with Crippen LogP contribution in [0.25, 0.3) is 22.4 Å². The molecule has 0 radical (unpaired) electrons. The van der Waals surface area contributed by atoms with E-state index in [2.05, 4.69) is 4.98 Å². The van der Waals surface area contributed by atoms with Crippen molar-refractivity contribution in [1.82, 2.24) is 4.98 Å². The summed E-state index contributed by atoms with van der Waals surface area (Å²) in [5.74, 6) is -4.91. The molecular weight excluding hydrogens is 372 g/mol. The number of benzene rings is 2. The molecule has 0 saturated heterocycles. The Bertz CT molecular complexity index is 1090. The van der Waals surface area contributed by atoms with E-state index < -0.39 is 38.2 Å². The number of hydrogen-bond acceptors (Lipinski definition) is 3. The van der Waals surface area contributed by atoms with Crippen LogP contribution in [0.15, 0.2) is 53.6 Å². The first kappa shape index (κ1) is 18.0. The van der Waals surface area contributed by atoms with Gasteiger partial charge in [-0.2, -0.15) is 0 Å². The maximum atomic E-state index is 14.1. The van der Waals surface area contributed by atoms with Gasteiger partial charge in [0.2, 0.25) is 10.0 Å². The maximum Gasteiger partial charge on any atom is 0.243 e. The van der Waals surface area contributed by atoms with Crippen LogP contribution in [0.5, 0.6) is 0 Å². The molecule has 4 nitrogen and oxygen atoms in total. The fraction of sp³-hybridized carbons (Fsp3) is 0. The number of primary sulfonamides is 1. The Morgan fingerprint density at radius 1 is 0.808 bits per heavy atom. The lowest BCUT2D eigenvalue weighted by molar-refractivity contribution is 0.509. The summed E-state index contributed by atoms with van der Waals surface area (Å²) in [5.41, 5.74) is 0.460. The molecule has 0 saturated carbocycles. The number of pyridine rings is 1. The molecule has 2 aromatic carbocycles. The summed E-state index contributed by atoms with van der Waals surface area (Å²) in [5, 5.41) is 4.80. The van der Waals surface area contributed by atoms with Gasteiger partial charge in [0.1, 0.15) is 11.6 Å². The summed E-state index contributed by atoms with van der Waals surface area (Å²) >= 11 is 0. The standard InChI is InChI=1S/C17H10F4N2O2S/c18-12-4-3-9(6-13(12)19)16-11(2-1-5-23-16)10-7-14(20)17(15(21)8-10)26(22,24)25/h1-8H,(H2,22,24,25). The van der Waals surface area contributed by atoms with Crippen LogP contribution in [-0.2, 0) is 10.0 Å². The minimum Gasteiger partial charge on any atom is -0.256 e. The Hall–Kier alpha value is -2.78. The summed E-state index contributed by atoms with van der Waals surface area (Å²) in [6.07, 6.45) is 1.37. The molecule has 134 valence electrons. The van der Waals surface area contributed by atoms with Gasteiger partial charge in [-0.25, -0.2) is 31.1 Å². The lowest BCUT2D eigenvalue weighted by Crippen LogP contribution is -2.16. The SMILES string of the molecule is NS(=O)(=O)c1c(F)cc(-c2cccnc2-c2ccc(F)c(F)c2)cc1F. The fourth-order valence-electron chi connectivity index (χ4n) is 2.50. The summed E-state index contributed by atoms with van der Waals surface area (Å²) < 4.78 is 77.5. The molecule has 2 N–H and O–H groups in total. The van der Waals surface area contributed by atoms with Gasteiger partial charge >= 0.3 is 0 Å². The molecule has 3 aromatic rings. The van der Waals surface area contributed by atoms with Crippen LogP contribution in [0.3, 0.4) is 0 Å². The van der Waals surface area contributed by atoms with Crippen molar-refractivity contribution < 1.29 is 26.0 Å². The third kappa shape index (κ3) is 3.31. The van der Waals surface area contributed by atoms with Crippen LogP contribution in [-0.4, -0.2) is 13.4 Å². The average Bonchev–Trinajstić information content (AvgIpc) is 2.55. The molecule has 9 heteroatoms. The molecule has 0 bridgehead atoms. The van der Waals surface area contributed by atoms with Gasteiger partial charge in [0.05, 0.1) is 5.69 Å². The van der Waals surface area contributed by atoms with Crippen molar-refractivity contribution >= 4 is 10.0 Å². The third-order valence-electron chi connectivity index (χ3n) is 3.59. The Kier molecular flexibility index (Phi) is 4.51. The van der Waals surface area contributed by atoms with Crippen molar-refractivity contribution in [2.45, 2.75) is 4.90 Å². The Morgan fingerprint density at radius 2 is 1.42 bits per heavy atom. The molecule has 0 fully saturated rings. The minimum atomic E-state index is -4.59. The molecule has 3 rings (SSSR count). The number of hydrogen-bond donors (Lipinski definition) is 1. The molecule has 0 unspecified atom stereocenters. The Labute approximate surface area is 146 Å². The summed E-state index contributed by atoms with van der Waals surface area (Å²) in [6.45, 7) is 0. The highest BCUT2D eigenvalue weighted by Crippen LogP contribution is 2.33. The first-order chi connectivity index (χ1) is 12.2. The highest BCUT2D eigenvalue weighted by atomic mass is 32.2.